The van der Waals surface area contributed by atoms with Crippen molar-refractivity contribution in [1.29, 1.82) is 0 Å². The molecule has 0 bridgehead atoms. The molecule has 106 heavy (non-hydrogen) atoms. The minimum Gasteiger partial charge on any atom is -0.463 e. The van der Waals surface area contributed by atoms with E-state index in [0.29, 0.717) is 26.4 Å². The summed E-state index contributed by atoms with van der Waals surface area (Å²) in [6, 6.07) is 20.7. The van der Waals surface area contributed by atoms with E-state index in [-0.39, 0.29) is 164 Å². The molecule has 0 aliphatic rings. The summed E-state index contributed by atoms with van der Waals surface area (Å²) in [5.74, 6) is -10.2. The standard InChI is InChI=1S/C44H48F4N2O13S2.C26H32F2N4O8S/c1-5-60-43(51)29(3)23-31-25-37(45)41(38(46)26-31)62-33-7-11-35(12-8-33)64(53,54)49-15-17-57-19-21-59-22-20-58-18-16-50-65(55,56)36-13-9-34(10-14-36)63-42-39(47)27-32(28-40(42)48)24-30(4)44(52)61-6-2;1-3-39-26(33)19(2)16-20-17-23(27)25(24(28)18-20)40-21-4-6-22(7-5-21)41(34,35)31-9-11-37-13-15-38-14-12-36-10-8-30-32-29/h7-14,23-28,49-50H,5-6,15-22H2,1-4H3;4-7,16-18,31H,3,8-15H2,1-2H3/b29-23+,30-24+;19-16+. The van der Waals surface area contributed by atoms with E-state index in [2.05, 4.69) is 24.2 Å². The van der Waals surface area contributed by atoms with E-state index >= 15 is 0 Å². The summed E-state index contributed by atoms with van der Waals surface area (Å²) in [5.41, 5.74) is 8.85. The van der Waals surface area contributed by atoms with E-state index in [1.807, 2.05) is 0 Å². The summed E-state index contributed by atoms with van der Waals surface area (Å²) in [5, 5.41) is 3.33. The number of benzene rings is 6. The quantitative estimate of drug-likeness (QED) is 0.00467. The Bertz CT molecular complexity index is 4140. The molecule has 576 valence electrons. The number of rotatable bonds is 45. The van der Waals surface area contributed by atoms with Gasteiger partial charge in [-0.2, -0.15) is 0 Å². The molecule has 3 N–H and O–H groups in total. The van der Waals surface area contributed by atoms with Gasteiger partial charge < -0.3 is 56.8 Å². The van der Waals surface area contributed by atoms with Gasteiger partial charge in [-0.05, 0) is 191 Å². The highest BCUT2D eigenvalue weighted by Gasteiger charge is 2.22. The minimum absolute atomic E-state index is 0.00989. The first-order valence-electron chi connectivity index (χ1n) is 32.4. The van der Waals surface area contributed by atoms with Crippen LogP contribution >= 0.6 is 0 Å². The lowest BCUT2D eigenvalue weighted by atomic mass is 10.1. The largest absolute Gasteiger partial charge is 0.463 e. The lowest BCUT2D eigenvalue weighted by Crippen LogP contribution is -2.28. The number of sulfonamides is 3. The van der Waals surface area contributed by atoms with E-state index < -0.39 is 100 Å². The van der Waals surface area contributed by atoms with Crippen LogP contribution in [0, 0.1) is 34.9 Å². The number of halogens is 6. The van der Waals surface area contributed by atoms with Crippen molar-refractivity contribution in [3.63, 3.8) is 0 Å². The molecule has 0 fully saturated rings. The average Bonchev–Trinajstić information content (AvgIpc) is 0.828. The molecule has 6 rings (SSSR count). The van der Waals surface area contributed by atoms with Gasteiger partial charge >= 0.3 is 17.9 Å². The molecule has 0 amide bonds. The second-order valence-corrected chi connectivity index (χ2v) is 26.9. The zero-order valence-electron chi connectivity index (χ0n) is 58.5. The van der Waals surface area contributed by atoms with E-state index in [1.165, 1.54) is 112 Å². The Morgan fingerprint density at radius 3 is 0.840 bits per heavy atom. The van der Waals surface area contributed by atoms with Crippen molar-refractivity contribution in [1.82, 2.24) is 14.2 Å². The summed E-state index contributed by atoms with van der Waals surface area (Å²) in [6.45, 7) is 12.1. The lowest BCUT2D eigenvalue weighted by Gasteiger charge is -2.11. The molecule has 0 saturated heterocycles. The predicted octanol–water partition coefficient (Wildman–Crippen LogP) is 11.4. The Morgan fingerprint density at radius 1 is 0.387 bits per heavy atom. The zero-order valence-corrected chi connectivity index (χ0v) is 60.9. The third kappa shape index (κ3) is 30.3. The molecule has 6 aromatic carbocycles. The van der Waals surface area contributed by atoms with Gasteiger partial charge in [-0.3, -0.25) is 0 Å². The Morgan fingerprint density at radius 2 is 0.613 bits per heavy atom. The third-order valence-corrected chi connectivity index (χ3v) is 18.0. The maximum absolute atomic E-state index is 14.7. The number of hydrogen-bond acceptors (Lipinski definition) is 22. The predicted molar refractivity (Wildman–Crippen MR) is 374 cm³/mol. The van der Waals surface area contributed by atoms with Crippen molar-refractivity contribution in [2.45, 2.75) is 56.2 Å². The van der Waals surface area contributed by atoms with Crippen molar-refractivity contribution in [3.8, 4) is 34.5 Å². The first-order chi connectivity index (χ1) is 50.6. The fraction of sp³-hybridized carbons (Fsp3) is 0.357. The number of carbonyl (C=O) groups is 3. The van der Waals surface area contributed by atoms with Crippen molar-refractivity contribution < 1.29 is 123 Å². The smallest absolute Gasteiger partial charge is 0.333 e. The van der Waals surface area contributed by atoms with E-state index in [1.54, 1.807) is 20.8 Å². The van der Waals surface area contributed by atoms with Gasteiger partial charge in [0.2, 0.25) is 30.1 Å². The third-order valence-electron chi connectivity index (χ3n) is 13.6. The molecule has 0 aliphatic heterocycles. The zero-order chi connectivity index (χ0) is 77.7. The number of carbonyl (C=O) groups excluding carboxylic acids is 3. The van der Waals surface area contributed by atoms with Crippen LogP contribution in [-0.4, -0.2) is 168 Å². The van der Waals surface area contributed by atoms with Crippen molar-refractivity contribution in [3.05, 3.63) is 188 Å². The van der Waals surface area contributed by atoms with Crippen molar-refractivity contribution in [2.24, 2.45) is 5.11 Å². The Hall–Kier alpha value is -9.27. The Kier molecular flexibility index (Phi) is 37.3. The molecule has 0 atom stereocenters. The van der Waals surface area contributed by atoms with Gasteiger partial charge in [0.15, 0.2) is 52.2 Å². The molecule has 0 unspecified atom stereocenters. The van der Waals surface area contributed by atoms with Crippen LogP contribution in [0.4, 0.5) is 26.3 Å². The maximum atomic E-state index is 14.7. The van der Waals surface area contributed by atoms with Crippen molar-refractivity contribution >= 4 is 66.2 Å². The number of hydrogen-bond donors (Lipinski definition) is 3. The fourth-order valence-corrected chi connectivity index (χ4v) is 11.6. The first kappa shape index (κ1) is 87.4. The number of nitrogens with zero attached hydrogens (tertiary/aromatic N) is 3. The van der Waals surface area contributed by atoms with Crippen LogP contribution in [-0.2, 0) is 87.1 Å². The van der Waals surface area contributed by atoms with E-state index in [0.717, 1.165) is 36.4 Å². The summed E-state index contributed by atoms with van der Waals surface area (Å²) >= 11 is 0. The Labute approximate surface area is 609 Å². The van der Waals surface area contributed by atoms with Crippen LogP contribution in [0.15, 0.2) is 146 Å². The molecule has 0 saturated carbocycles. The van der Waals surface area contributed by atoms with Crippen LogP contribution < -0.4 is 28.4 Å². The molecule has 0 spiro atoms. The minimum atomic E-state index is -3.96. The van der Waals surface area contributed by atoms with Gasteiger partial charge in [-0.25, -0.2) is 80.1 Å². The number of ether oxygens (including phenoxy) is 12. The summed E-state index contributed by atoms with van der Waals surface area (Å²) in [4.78, 5) is 37.6. The summed E-state index contributed by atoms with van der Waals surface area (Å²) in [7, 11) is -11.8. The van der Waals surface area contributed by atoms with Crippen LogP contribution in [0.1, 0.15) is 58.2 Å². The van der Waals surface area contributed by atoms with E-state index in [9.17, 15) is 66.0 Å². The van der Waals surface area contributed by atoms with Gasteiger partial charge in [0, 0.05) is 47.8 Å². The highest BCUT2D eigenvalue weighted by Crippen LogP contribution is 2.34. The topological polar surface area (TPSA) is 349 Å². The molecule has 0 radical (unpaired) electrons. The lowest BCUT2D eigenvalue weighted by molar-refractivity contribution is -0.139. The average molecular weight is 1550 g/mol. The molecular weight excluding hydrogens is 1470 g/mol. The second-order valence-electron chi connectivity index (χ2n) is 21.6. The number of nitrogens with one attached hydrogen (secondary N) is 3. The monoisotopic (exact) mass is 1550 g/mol. The van der Waals surface area contributed by atoms with Gasteiger partial charge in [0.1, 0.15) is 17.2 Å². The normalized spacial score (nSPS) is 12.0. The molecule has 27 nitrogen and oxygen atoms in total. The first-order valence-corrected chi connectivity index (χ1v) is 36.9. The maximum Gasteiger partial charge on any atom is 0.333 e. The summed E-state index contributed by atoms with van der Waals surface area (Å²) in [6.07, 6.45) is 3.82. The van der Waals surface area contributed by atoms with E-state index in [4.69, 9.17) is 62.4 Å². The molecular formula is C70H80F6N6O21S3. The van der Waals surface area contributed by atoms with Crippen LogP contribution in [0.3, 0.4) is 0 Å². The molecule has 0 aliphatic carbocycles. The van der Waals surface area contributed by atoms with Crippen LogP contribution in [0.5, 0.6) is 34.5 Å². The van der Waals surface area contributed by atoms with Gasteiger partial charge in [0.25, 0.3) is 0 Å². The molecule has 0 heterocycles. The number of esters is 3. The number of azide groups is 1. The fourth-order valence-electron chi connectivity index (χ4n) is 8.59. The molecule has 0 aromatic heterocycles. The van der Waals surface area contributed by atoms with Gasteiger partial charge in [0.05, 0.1) is 114 Å². The van der Waals surface area contributed by atoms with Crippen LogP contribution in [0.25, 0.3) is 28.7 Å². The van der Waals surface area contributed by atoms with Crippen LogP contribution in [0.2, 0.25) is 0 Å². The van der Waals surface area contributed by atoms with Gasteiger partial charge in [-0.15, -0.1) is 0 Å². The highest BCUT2D eigenvalue weighted by atomic mass is 32.2. The summed E-state index contributed by atoms with van der Waals surface area (Å²) < 4.78 is 233. The molecule has 6 aromatic rings. The molecule has 36 heteroatoms. The SMILES string of the molecule is CCOC(=O)/C(C)=C/c1cc(F)c(Oc2ccc(S(=O)(=O)NCCOCCOCCOCCN=[N+]=[N-])cc2)c(F)c1.CCOC(=O)/C(C)=C/c1cc(F)c(Oc2ccc(S(=O)(=O)NCCOCCOCCOCCNS(=O)(=O)c3ccc(Oc4c(F)cc(/C=C(\C)C(=O)OCC)cc4F)cc3)cc2)c(F)c1. The highest BCUT2D eigenvalue weighted by molar-refractivity contribution is 7.90. The second kappa shape index (κ2) is 45.3. The van der Waals surface area contributed by atoms with Crippen molar-refractivity contribution in [2.75, 3.05) is 125 Å². The Balaban J connectivity index is 0.000000423. The van der Waals surface area contributed by atoms with Gasteiger partial charge in [-0.1, -0.05) is 5.11 Å².